The predicted molar refractivity (Wildman–Crippen MR) is 193 cm³/mol. The summed E-state index contributed by atoms with van der Waals surface area (Å²) in [6, 6.07) is 7.43. The minimum absolute atomic E-state index is 0.0210. The van der Waals surface area contributed by atoms with Crippen molar-refractivity contribution in [2.24, 2.45) is 9.98 Å². The van der Waals surface area contributed by atoms with Crippen molar-refractivity contribution in [1.29, 1.82) is 0 Å². The Morgan fingerprint density at radius 3 is 1.46 bits per heavy atom. The number of hydrogen-bond acceptors (Lipinski definition) is 10. The van der Waals surface area contributed by atoms with Crippen LogP contribution in [0.15, 0.2) is 34.3 Å². The van der Waals surface area contributed by atoms with Crippen LogP contribution in [0, 0.1) is 0 Å². The Bertz CT molecular complexity index is 1490. The van der Waals surface area contributed by atoms with E-state index in [4.69, 9.17) is 18.9 Å². The van der Waals surface area contributed by atoms with Crippen molar-refractivity contribution >= 4 is 35.6 Å². The molecular formula is C38H50N6O6. The van der Waals surface area contributed by atoms with Gasteiger partial charge in [0.15, 0.2) is 23.0 Å². The summed E-state index contributed by atoms with van der Waals surface area (Å²) in [7, 11) is 3.23. The molecule has 3 fully saturated rings. The van der Waals surface area contributed by atoms with E-state index in [-0.39, 0.29) is 23.9 Å². The first kappa shape index (κ1) is 34.3. The van der Waals surface area contributed by atoms with Gasteiger partial charge in [0.1, 0.15) is 0 Å². The Hall–Kier alpha value is -4.16. The van der Waals surface area contributed by atoms with Crippen LogP contribution in [0.25, 0.3) is 0 Å². The summed E-state index contributed by atoms with van der Waals surface area (Å²) in [6.45, 7) is 9.13. The highest BCUT2D eigenvalue weighted by Gasteiger charge is 2.34. The van der Waals surface area contributed by atoms with E-state index in [1.165, 1.54) is 0 Å². The molecule has 0 N–H and O–H groups in total. The normalized spacial score (nSPS) is 21.7. The molecule has 2 aromatic rings. The maximum absolute atomic E-state index is 13.1. The van der Waals surface area contributed by atoms with E-state index in [2.05, 4.69) is 19.8 Å². The summed E-state index contributed by atoms with van der Waals surface area (Å²) in [5.41, 5.74) is 2.48. The predicted octanol–water partition coefficient (Wildman–Crippen LogP) is 4.98. The van der Waals surface area contributed by atoms with Crippen molar-refractivity contribution in [2.45, 2.75) is 63.5 Å². The highest BCUT2D eigenvalue weighted by molar-refractivity contribution is 6.04. The van der Waals surface area contributed by atoms with Crippen LogP contribution >= 0.6 is 0 Å². The van der Waals surface area contributed by atoms with Crippen LogP contribution in [-0.4, -0.2) is 136 Å². The third kappa shape index (κ3) is 7.46. The van der Waals surface area contributed by atoms with Crippen LogP contribution in [0.5, 0.6) is 23.0 Å². The number of unbranched alkanes of at least 4 members (excludes halogenated alkanes) is 2. The van der Waals surface area contributed by atoms with Crippen LogP contribution < -0.4 is 18.9 Å². The highest BCUT2D eigenvalue weighted by Crippen LogP contribution is 2.39. The van der Waals surface area contributed by atoms with Crippen LogP contribution in [0.3, 0.4) is 0 Å². The maximum atomic E-state index is 13.1. The van der Waals surface area contributed by atoms with Gasteiger partial charge in [-0.05, 0) is 76.6 Å². The fourth-order valence-corrected chi connectivity index (χ4v) is 7.72. The number of rotatable bonds is 14. The van der Waals surface area contributed by atoms with Crippen molar-refractivity contribution in [3.8, 4) is 23.0 Å². The fourth-order valence-electron chi connectivity index (χ4n) is 7.72. The number of ether oxygens (including phenoxy) is 4. The van der Waals surface area contributed by atoms with Gasteiger partial charge in [-0.3, -0.25) is 19.6 Å². The van der Waals surface area contributed by atoms with Gasteiger partial charge in [-0.25, -0.2) is 0 Å². The number of methoxy groups -OCH3 is 2. The summed E-state index contributed by atoms with van der Waals surface area (Å²) in [4.78, 5) is 44.4. The van der Waals surface area contributed by atoms with E-state index >= 15 is 0 Å². The number of aliphatic imine (C=N–C) groups is 2. The molecule has 0 aromatic heterocycles. The number of nitrogens with zero attached hydrogens (tertiary/aromatic N) is 6. The van der Waals surface area contributed by atoms with Crippen LogP contribution in [-0.2, 0) is 0 Å². The first-order chi connectivity index (χ1) is 24.5. The average Bonchev–Trinajstić information content (AvgIpc) is 3.77. The number of carbonyl (C=O) groups is 2. The van der Waals surface area contributed by atoms with Crippen LogP contribution in [0.4, 0.5) is 11.4 Å². The highest BCUT2D eigenvalue weighted by atomic mass is 16.5. The zero-order valence-electron chi connectivity index (χ0n) is 29.5. The molecule has 5 aliphatic rings. The van der Waals surface area contributed by atoms with Crippen molar-refractivity contribution in [3.05, 3.63) is 35.4 Å². The maximum Gasteiger partial charge on any atom is 0.256 e. The first-order valence-corrected chi connectivity index (χ1v) is 18.4. The third-order valence-corrected chi connectivity index (χ3v) is 10.6. The van der Waals surface area contributed by atoms with E-state index in [0.717, 1.165) is 104 Å². The van der Waals surface area contributed by atoms with Gasteiger partial charge in [0.05, 0.1) is 62.0 Å². The minimum Gasteiger partial charge on any atom is -0.493 e. The molecule has 0 spiro atoms. The summed E-state index contributed by atoms with van der Waals surface area (Å²) in [5.74, 6) is 2.48. The van der Waals surface area contributed by atoms with Crippen molar-refractivity contribution in [1.82, 2.24) is 19.6 Å². The van der Waals surface area contributed by atoms with Gasteiger partial charge in [0, 0.05) is 63.8 Å². The summed E-state index contributed by atoms with van der Waals surface area (Å²) in [5, 5.41) is 0. The lowest BCUT2D eigenvalue weighted by Gasteiger charge is -2.34. The smallest absolute Gasteiger partial charge is 0.256 e. The van der Waals surface area contributed by atoms with E-state index in [9.17, 15) is 9.59 Å². The molecule has 12 heteroatoms. The van der Waals surface area contributed by atoms with Gasteiger partial charge in [-0.1, -0.05) is 0 Å². The molecule has 5 heterocycles. The number of piperazine rings is 1. The Balaban J connectivity index is 0.789. The largest absolute Gasteiger partial charge is 0.493 e. The number of fused-ring (bicyclic) bond motifs is 4. The quantitative estimate of drug-likeness (QED) is 0.256. The van der Waals surface area contributed by atoms with E-state index in [1.54, 1.807) is 26.4 Å². The van der Waals surface area contributed by atoms with Gasteiger partial charge >= 0.3 is 0 Å². The fraction of sp³-hybridized carbons (Fsp3) is 0.579. The minimum atomic E-state index is 0.0210. The molecule has 2 aromatic carbocycles. The molecule has 0 saturated carbocycles. The molecule has 7 rings (SSSR count). The number of benzene rings is 2. The summed E-state index contributed by atoms with van der Waals surface area (Å²) in [6.07, 6.45) is 11.7. The molecular weight excluding hydrogens is 636 g/mol. The monoisotopic (exact) mass is 686 g/mol. The summed E-state index contributed by atoms with van der Waals surface area (Å²) >= 11 is 0. The van der Waals surface area contributed by atoms with Gasteiger partial charge in [-0.15, -0.1) is 0 Å². The van der Waals surface area contributed by atoms with Gasteiger partial charge < -0.3 is 38.5 Å². The lowest BCUT2D eigenvalue weighted by atomic mass is 10.1. The van der Waals surface area contributed by atoms with Gasteiger partial charge in [0.2, 0.25) is 0 Å². The molecule has 0 aliphatic carbocycles. The van der Waals surface area contributed by atoms with Gasteiger partial charge in [-0.2, -0.15) is 0 Å². The van der Waals surface area contributed by atoms with Gasteiger partial charge in [0.25, 0.3) is 11.8 Å². The lowest BCUT2D eigenvalue weighted by molar-refractivity contribution is 0.0766. The van der Waals surface area contributed by atoms with E-state index in [1.807, 2.05) is 34.4 Å². The second-order valence-electron chi connectivity index (χ2n) is 13.8. The standard InChI is InChI=1S/C38H50N6O6/c1-47-33-21-29-31(39-25-27-9-7-13-43(27)37(29)45)23-35(33)49-19-5-3-11-41-15-17-42(18-16-41)12-4-6-20-50-36-24-32-30(22-34(36)48-2)38(46)44-14-8-10-28(44)26-40-32/h21-28H,3-20H2,1-2H3/t27-,28-/m0/s1. The molecule has 5 aliphatic heterocycles. The SMILES string of the molecule is COc1cc2c(cc1OCCCCN1CCN(CCCCOc3cc4c(cc3OC)C(=O)N3CCC[C@H]3C=N4)CC1)N=C[C@@H]1CCCN1C2=O. The second-order valence-corrected chi connectivity index (χ2v) is 13.8. The molecule has 3 saturated heterocycles. The zero-order valence-corrected chi connectivity index (χ0v) is 29.5. The Morgan fingerprint density at radius 1 is 0.600 bits per heavy atom. The van der Waals surface area contributed by atoms with Crippen molar-refractivity contribution in [2.75, 3.05) is 79.8 Å². The molecule has 50 heavy (non-hydrogen) atoms. The van der Waals surface area contributed by atoms with Crippen LogP contribution in [0.2, 0.25) is 0 Å². The Labute approximate surface area is 295 Å². The molecule has 0 unspecified atom stereocenters. The molecule has 2 atom stereocenters. The second kappa shape index (κ2) is 15.8. The molecule has 2 amide bonds. The molecule has 0 radical (unpaired) electrons. The molecule has 268 valence electrons. The van der Waals surface area contributed by atoms with Crippen LogP contribution in [0.1, 0.15) is 72.1 Å². The van der Waals surface area contributed by atoms with Crippen molar-refractivity contribution < 1.29 is 28.5 Å². The Kier molecular flexibility index (Phi) is 10.8. The van der Waals surface area contributed by atoms with Crippen molar-refractivity contribution in [3.63, 3.8) is 0 Å². The third-order valence-electron chi connectivity index (χ3n) is 10.6. The molecule has 12 nitrogen and oxygen atoms in total. The molecule has 0 bridgehead atoms. The number of carbonyl (C=O) groups excluding carboxylic acids is 2. The first-order valence-electron chi connectivity index (χ1n) is 18.4. The number of hydrogen-bond donors (Lipinski definition) is 0. The zero-order chi connectivity index (χ0) is 34.5. The number of amides is 2. The van der Waals surface area contributed by atoms with E-state index in [0.29, 0.717) is 58.7 Å². The Morgan fingerprint density at radius 2 is 1.04 bits per heavy atom. The van der Waals surface area contributed by atoms with E-state index < -0.39 is 0 Å². The lowest BCUT2D eigenvalue weighted by Crippen LogP contribution is -2.46. The average molecular weight is 687 g/mol. The summed E-state index contributed by atoms with van der Waals surface area (Å²) < 4.78 is 23.5. The topological polar surface area (TPSA) is 109 Å².